The number of hydrogen-bond acceptors (Lipinski definition) is 5. The van der Waals surface area contributed by atoms with Crippen LogP contribution in [-0.2, 0) is 6.61 Å². The Morgan fingerprint density at radius 3 is 2.67 bits per heavy atom. The van der Waals surface area contributed by atoms with Crippen molar-refractivity contribution < 1.29 is 5.11 Å². The molecule has 5 nitrogen and oxygen atoms in total. The number of thiazole rings is 1. The van der Waals surface area contributed by atoms with Gasteiger partial charge in [0.1, 0.15) is 5.69 Å². The molecule has 0 aliphatic heterocycles. The predicted octanol–water partition coefficient (Wildman–Crippen LogP) is 3.01. The number of aliphatic hydroxyl groups excluding tert-OH is 1. The van der Waals surface area contributed by atoms with E-state index >= 15 is 0 Å². The molecule has 2 aromatic heterocycles. The van der Waals surface area contributed by atoms with Gasteiger partial charge in [-0.05, 0) is 5.92 Å². The SMILES string of the molecule is CC(C)c1c(CO)nnn1-c1nc(-c2ccccc2)cs1. The predicted molar refractivity (Wildman–Crippen MR) is 82.5 cm³/mol. The molecule has 0 unspecified atom stereocenters. The minimum absolute atomic E-state index is 0.107. The van der Waals surface area contributed by atoms with Gasteiger partial charge in [0, 0.05) is 10.9 Å². The van der Waals surface area contributed by atoms with Gasteiger partial charge in [0.25, 0.3) is 0 Å². The zero-order valence-corrected chi connectivity index (χ0v) is 12.7. The van der Waals surface area contributed by atoms with Crippen LogP contribution in [0.4, 0.5) is 0 Å². The van der Waals surface area contributed by atoms with Gasteiger partial charge in [-0.15, -0.1) is 16.4 Å². The average molecular weight is 300 g/mol. The first-order valence-corrected chi connectivity index (χ1v) is 7.65. The van der Waals surface area contributed by atoms with Crippen LogP contribution in [0.25, 0.3) is 16.4 Å². The summed E-state index contributed by atoms with van der Waals surface area (Å²) in [5, 5.41) is 20.3. The molecular weight excluding hydrogens is 284 g/mol. The van der Waals surface area contributed by atoms with Crippen molar-refractivity contribution in [3.8, 4) is 16.4 Å². The molecule has 0 saturated carbocycles. The molecule has 2 heterocycles. The van der Waals surface area contributed by atoms with E-state index in [1.807, 2.05) is 35.7 Å². The summed E-state index contributed by atoms with van der Waals surface area (Å²) in [4.78, 5) is 4.64. The third-order valence-corrected chi connectivity index (χ3v) is 4.03. The summed E-state index contributed by atoms with van der Waals surface area (Å²) in [6.45, 7) is 4.00. The maximum Gasteiger partial charge on any atom is 0.212 e. The molecule has 6 heteroatoms. The number of hydrogen-bond donors (Lipinski definition) is 1. The van der Waals surface area contributed by atoms with Crippen molar-refractivity contribution in [3.05, 3.63) is 47.1 Å². The van der Waals surface area contributed by atoms with Gasteiger partial charge in [0.05, 0.1) is 18.0 Å². The van der Waals surface area contributed by atoms with Crippen molar-refractivity contribution in [3.63, 3.8) is 0 Å². The van der Waals surface area contributed by atoms with Crippen molar-refractivity contribution in [2.45, 2.75) is 26.4 Å². The molecule has 3 aromatic rings. The number of benzene rings is 1. The molecule has 21 heavy (non-hydrogen) atoms. The van der Waals surface area contributed by atoms with Crippen molar-refractivity contribution in [2.24, 2.45) is 0 Å². The van der Waals surface area contributed by atoms with E-state index in [1.54, 1.807) is 4.68 Å². The number of nitrogens with zero attached hydrogens (tertiary/aromatic N) is 4. The summed E-state index contributed by atoms with van der Waals surface area (Å²) >= 11 is 1.52. The van der Waals surface area contributed by atoms with E-state index in [0.29, 0.717) is 5.69 Å². The Morgan fingerprint density at radius 1 is 1.24 bits per heavy atom. The quantitative estimate of drug-likeness (QED) is 0.804. The molecule has 0 spiro atoms. The van der Waals surface area contributed by atoms with Gasteiger partial charge in [-0.3, -0.25) is 0 Å². The van der Waals surface area contributed by atoms with Gasteiger partial charge in [0.2, 0.25) is 5.13 Å². The lowest BCUT2D eigenvalue weighted by Gasteiger charge is -2.07. The second kappa shape index (κ2) is 5.75. The highest BCUT2D eigenvalue weighted by molar-refractivity contribution is 7.12. The molecule has 0 fully saturated rings. The normalized spacial score (nSPS) is 11.2. The number of aromatic nitrogens is 4. The van der Waals surface area contributed by atoms with E-state index in [4.69, 9.17) is 0 Å². The lowest BCUT2D eigenvalue weighted by molar-refractivity contribution is 0.275. The van der Waals surface area contributed by atoms with Gasteiger partial charge < -0.3 is 5.11 Å². The molecule has 108 valence electrons. The molecular formula is C15H16N4OS. The van der Waals surface area contributed by atoms with Crippen LogP contribution < -0.4 is 0 Å². The molecule has 0 bridgehead atoms. The zero-order chi connectivity index (χ0) is 14.8. The molecule has 0 aliphatic carbocycles. The van der Waals surface area contributed by atoms with Crippen LogP contribution in [0, 0.1) is 0 Å². The molecule has 0 aliphatic rings. The first-order chi connectivity index (χ1) is 10.2. The van der Waals surface area contributed by atoms with Gasteiger partial charge in [-0.25, -0.2) is 4.98 Å². The van der Waals surface area contributed by atoms with Gasteiger partial charge in [0.15, 0.2) is 0 Å². The molecule has 0 saturated heterocycles. The lowest BCUT2D eigenvalue weighted by Crippen LogP contribution is -2.05. The summed E-state index contributed by atoms with van der Waals surface area (Å²) in [5.41, 5.74) is 3.52. The third-order valence-electron chi connectivity index (χ3n) is 3.22. The Hall–Kier alpha value is -2.05. The van der Waals surface area contributed by atoms with Crippen LogP contribution in [0.2, 0.25) is 0 Å². The summed E-state index contributed by atoms with van der Waals surface area (Å²) in [6, 6.07) is 10.0. The maximum absolute atomic E-state index is 9.38. The third kappa shape index (κ3) is 2.59. The number of rotatable bonds is 4. The highest BCUT2D eigenvalue weighted by Gasteiger charge is 2.18. The van der Waals surface area contributed by atoms with Crippen molar-refractivity contribution in [1.29, 1.82) is 0 Å². The van der Waals surface area contributed by atoms with Gasteiger partial charge >= 0.3 is 0 Å². The Kier molecular flexibility index (Phi) is 3.81. The molecule has 0 amide bonds. The second-order valence-corrected chi connectivity index (χ2v) is 5.86. The van der Waals surface area contributed by atoms with Crippen LogP contribution in [0.15, 0.2) is 35.7 Å². The second-order valence-electron chi connectivity index (χ2n) is 5.03. The first-order valence-electron chi connectivity index (χ1n) is 6.77. The molecule has 0 atom stereocenters. The minimum Gasteiger partial charge on any atom is -0.390 e. The summed E-state index contributed by atoms with van der Waals surface area (Å²) in [5.74, 6) is 0.214. The first kappa shape index (κ1) is 13.9. The fraction of sp³-hybridized carbons (Fsp3) is 0.267. The Labute approximate surface area is 126 Å². The fourth-order valence-corrected chi connectivity index (χ4v) is 3.05. The number of aliphatic hydroxyl groups is 1. The molecule has 3 rings (SSSR count). The van der Waals surface area contributed by atoms with Gasteiger partial charge in [-0.2, -0.15) is 4.68 Å². The Morgan fingerprint density at radius 2 is 2.00 bits per heavy atom. The molecule has 1 N–H and O–H groups in total. The van der Waals surface area contributed by atoms with E-state index in [9.17, 15) is 5.11 Å². The molecule has 1 aromatic carbocycles. The van der Waals surface area contributed by atoms with E-state index in [-0.39, 0.29) is 12.5 Å². The average Bonchev–Trinajstić information content (AvgIpc) is 3.14. The minimum atomic E-state index is -0.107. The smallest absolute Gasteiger partial charge is 0.212 e. The lowest BCUT2D eigenvalue weighted by atomic mass is 10.1. The Balaban J connectivity index is 2.03. The summed E-state index contributed by atoms with van der Waals surface area (Å²) in [6.07, 6.45) is 0. The topological polar surface area (TPSA) is 63.8 Å². The standard InChI is InChI=1S/C15H16N4OS/c1-10(2)14-12(8-20)17-18-19(14)15-16-13(9-21-15)11-6-4-3-5-7-11/h3-7,9-10,20H,8H2,1-2H3. The van der Waals surface area contributed by atoms with Crippen molar-refractivity contribution in [1.82, 2.24) is 20.0 Å². The monoisotopic (exact) mass is 300 g/mol. The largest absolute Gasteiger partial charge is 0.390 e. The van der Waals surface area contributed by atoms with Crippen molar-refractivity contribution >= 4 is 11.3 Å². The highest BCUT2D eigenvalue weighted by Crippen LogP contribution is 2.27. The van der Waals surface area contributed by atoms with E-state index < -0.39 is 0 Å². The van der Waals surface area contributed by atoms with Crippen LogP contribution >= 0.6 is 11.3 Å². The van der Waals surface area contributed by atoms with E-state index in [0.717, 1.165) is 22.1 Å². The Bertz CT molecular complexity index is 733. The van der Waals surface area contributed by atoms with E-state index in [1.165, 1.54) is 11.3 Å². The van der Waals surface area contributed by atoms with Crippen LogP contribution in [0.3, 0.4) is 0 Å². The maximum atomic E-state index is 9.38. The highest BCUT2D eigenvalue weighted by atomic mass is 32.1. The fourth-order valence-electron chi connectivity index (χ4n) is 2.26. The summed E-state index contributed by atoms with van der Waals surface area (Å²) < 4.78 is 1.73. The summed E-state index contributed by atoms with van der Waals surface area (Å²) in [7, 11) is 0. The van der Waals surface area contributed by atoms with Gasteiger partial charge in [-0.1, -0.05) is 49.4 Å². The molecule has 0 radical (unpaired) electrons. The van der Waals surface area contributed by atoms with E-state index in [2.05, 4.69) is 29.1 Å². The van der Waals surface area contributed by atoms with Crippen molar-refractivity contribution in [2.75, 3.05) is 0 Å². The van der Waals surface area contributed by atoms with Crippen LogP contribution in [0.1, 0.15) is 31.2 Å². The zero-order valence-electron chi connectivity index (χ0n) is 11.9. The van der Waals surface area contributed by atoms with Crippen LogP contribution in [-0.4, -0.2) is 25.1 Å². The van der Waals surface area contributed by atoms with Crippen LogP contribution in [0.5, 0.6) is 0 Å².